The molecule has 2 heteroatoms. The van der Waals surface area contributed by atoms with Gasteiger partial charge in [-0.25, -0.2) is 0 Å². The Labute approximate surface area is 101 Å². The van der Waals surface area contributed by atoms with Gasteiger partial charge in [0.05, 0.1) is 6.61 Å². The van der Waals surface area contributed by atoms with Crippen LogP contribution in [0.4, 0.5) is 0 Å². The predicted molar refractivity (Wildman–Crippen MR) is 69.8 cm³/mol. The van der Waals surface area contributed by atoms with E-state index in [9.17, 15) is 0 Å². The van der Waals surface area contributed by atoms with Crippen molar-refractivity contribution in [3.63, 3.8) is 0 Å². The molecule has 0 aliphatic heterocycles. The second-order valence-corrected chi connectivity index (χ2v) is 5.01. The number of ether oxygens (including phenoxy) is 1. The third kappa shape index (κ3) is 5.86. The maximum absolute atomic E-state index is 5.56. The van der Waals surface area contributed by atoms with Crippen LogP contribution >= 0.6 is 0 Å². The molecule has 1 fully saturated rings. The van der Waals surface area contributed by atoms with Crippen molar-refractivity contribution >= 4 is 0 Å². The Balaban J connectivity index is 2.27. The Morgan fingerprint density at radius 3 is 2.38 bits per heavy atom. The molecule has 1 atom stereocenters. The number of likely N-dealkylation sites (N-methyl/N-ethyl adjacent to an activating group) is 1. The zero-order chi connectivity index (χ0) is 11.6. The van der Waals surface area contributed by atoms with E-state index in [0.717, 1.165) is 25.7 Å². The average Bonchev–Trinajstić information content (AvgIpc) is 2.55. The van der Waals surface area contributed by atoms with Gasteiger partial charge >= 0.3 is 0 Å². The highest BCUT2D eigenvalue weighted by Crippen LogP contribution is 2.26. The lowest BCUT2D eigenvalue weighted by atomic mass is 9.93. The molecule has 0 radical (unpaired) electrons. The first-order valence-corrected chi connectivity index (χ1v) is 7.18. The normalized spacial score (nSPS) is 20.6. The molecule has 96 valence electrons. The molecule has 2 nitrogen and oxygen atoms in total. The quantitative estimate of drug-likeness (QED) is 0.673. The number of hydrogen-bond donors (Lipinski definition) is 1. The Kier molecular flexibility index (Phi) is 7.87. The van der Waals surface area contributed by atoms with Crippen LogP contribution in [0.2, 0.25) is 0 Å². The number of nitrogens with one attached hydrogen (secondary N) is 1. The molecule has 1 aliphatic rings. The summed E-state index contributed by atoms with van der Waals surface area (Å²) in [6.45, 7) is 7.05. The fraction of sp³-hybridized carbons (Fsp3) is 1.00. The highest BCUT2D eigenvalue weighted by molar-refractivity contribution is 4.73. The topological polar surface area (TPSA) is 21.3 Å². The Morgan fingerprint density at radius 1 is 1.12 bits per heavy atom. The van der Waals surface area contributed by atoms with Crippen molar-refractivity contribution in [2.45, 2.75) is 64.8 Å². The average molecular weight is 227 g/mol. The number of rotatable bonds is 7. The van der Waals surface area contributed by atoms with Crippen LogP contribution in [0.3, 0.4) is 0 Å². The lowest BCUT2D eigenvalue weighted by molar-refractivity contribution is 0.113. The van der Waals surface area contributed by atoms with Crippen LogP contribution in [0.25, 0.3) is 0 Å². The van der Waals surface area contributed by atoms with Gasteiger partial charge in [0, 0.05) is 12.6 Å². The molecule has 1 saturated carbocycles. The molecule has 1 unspecified atom stereocenters. The van der Waals surface area contributed by atoms with E-state index in [1.165, 1.54) is 44.9 Å². The first-order valence-electron chi connectivity index (χ1n) is 7.18. The fourth-order valence-corrected chi connectivity index (χ4v) is 2.76. The molecule has 1 aliphatic carbocycles. The van der Waals surface area contributed by atoms with Crippen molar-refractivity contribution in [1.29, 1.82) is 0 Å². The summed E-state index contributed by atoms with van der Waals surface area (Å²) in [5.74, 6) is 0.937. The van der Waals surface area contributed by atoms with Crippen molar-refractivity contribution in [2.75, 3.05) is 19.8 Å². The van der Waals surface area contributed by atoms with Gasteiger partial charge in [-0.05, 0) is 25.8 Å². The first kappa shape index (κ1) is 14.0. The summed E-state index contributed by atoms with van der Waals surface area (Å²) in [5.41, 5.74) is 0. The fourth-order valence-electron chi connectivity index (χ4n) is 2.76. The van der Waals surface area contributed by atoms with E-state index < -0.39 is 0 Å². The van der Waals surface area contributed by atoms with Gasteiger partial charge < -0.3 is 10.1 Å². The van der Waals surface area contributed by atoms with Crippen molar-refractivity contribution in [3.05, 3.63) is 0 Å². The van der Waals surface area contributed by atoms with Crippen LogP contribution in [-0.4, -0.2) is 25.8 Å². The molecule has 0 aromatic heterocycles. The van der Waals surface area contributed by atoms with Gasteiger partial charge in [0.15, 0.2) is 0 Å². The summed E-state index contributed by atoms with van der Waals surface area (Å²) in [6, 6.07) is 0.577. The van der Waals surface area contributed by atoms with Crippen molar-refractivity contribution in [1.82, 2.24) is 5.32 Å². The van der Waals surface area contributed by atoms with Crippen LogP contribution in [0, 0.1) is 5.92 Å². The zero-order valence-corrected chi connectivity index (χ0v) is 11.1. The van der Waals surface area contributed by atoms with Gasteiger partial charge in [-0.2, -0.15) is 0 Å². The van der Waals surface area contributed by atoms with E-state index >= 15 is 0 Å². The van der Waals surface area contributed by atoms with Crippen LogP contribution in [-0.2, 0) is 4.74 Å². The Hall–Kier alpha value is -0.0800. The zero-order valence-electron chi connectivity index (χ0n) is 11.1. The molecule has 0 amide bonds. The van der Waals surface area contributed by atoms with E-state index in [1.54, 1.807) is 0 Å². The van der Waals surface area contributed by atoms with Gasteiger partial charge in [0.2, 0.25) is 0 Å². The second kappa shape index (κ2) is 9.00. The predicted octanol–water partition coefficient (Wildman–Crippen LogP) is 3.36. The summed E-state index contributed by atoms with van der Waals surface area (Å²) in [6.07, 6.45) is 9.98. The Morgan fingerprint density at radius 2 is 1.81 bits per heavy atom. The maximum Gasteiger partial charge on any atom is 0.0619 e. The molecule has 0 heterocycles. The molecular weight excluding hydrogens is 198 g/mol. The molecule has 0 aromatic rings. The van der Waals surface area contributed by atoms with Gasteiger partial charge in [-0.15, -0.1) is 0 Å². The van der Waals surface area contributed by atoms with Crippen LogP contribution < -0.4 is 5.32 Å². The minimum Gasteiger partial charge on any atom is -0.380 e. The van der Waals surface area contributed by atoms with Crippen LogP contribution in [0.1, 0.15) is 58.8 Å². The lowest BCUT2D eigenvalue weighted by Gasteiger charge is -2.23. The Bertz CT molecular complexity index is 153. The van der Waals surface area contributed by atoms with Crippen LogP contribution in [0.15, 0.2) is 0 Å². The smallest absolute Gasteiger partial charge is 0.0619 e. The molecule has 16 heavy (non-hydrogen) atoms. The SMILES string of the molecule is CCNC(COCC)CC1CCCCCC1. The largest absolute Gasteiger partial charge is 0.380 e. The molecule has 0 bridgehead atoms. The molecule has 1 rings (SSSR count). The summed E-state index contributed by atoms with van der Waals surface area (Å²) in [4.78, 5) is 0. The minimum absolute atomic E-state index is 0.577. The molecular formula is C14H29NO. The summed E-state index contributed by atoms with van der Waals surface area (Å²) < 4.78 is 5.56. The molecule has 1 N–H and O–H groups in total. The summed E-state index contributed by atoms with van der Waals surface area (Å²) in [7, 11) is 0. The maximum atomic E-state index is 5.56. The highest BCUT2D eigenvalue weighted by Gasteiger charge is 2.17. The van der Waals surface area contributed by atoms with E-state index in [0.29, 0.717) is 6.04 Å². The third-order valence-corrected chi connectivity index (χ3v) is 3.61. The lowest BCUT2D eigenvalue weighted by Crippen LogP contribution is -2.35. The standard InChI is InChI=1S/C14H29NO/c1-3-15-14(12-16-4-2)11-13-9-7-5-6-8-10-13/h13-15H,3-12H2,1-2H3. The second-order valence-electron chi connectivity index (χ2n) is 5.01. The van der Waals surface area contributed by atoms with E-state index in [2.05, 4.69) is 19.2 Å². The van der Waals surface area contributed by atoms with E-state index in [1.807, 2.05) is 0 Å². The minimum atomic E-state index is 0.577. The van der Waals surface area contributed by atoms with Crippen molar-refractivity contribution < 1.29 is 4.74 Å². The summed E-state index contributed by atoms with van der Waals surface area (Å²) >= 11 is 0. The summed E-state index contributed by atoms with van der Waals surface area (Å²) in [5, 5.41) is 3.56. The van der Waals surface area contributed by atoms with Gasteiger partial charge in [-0.3, -0.25) is 0 Å². The monoisotopic (exact) mass is 227 g/mol. The van der Waals surface area contributed by atoms with Gasteiger partial charge in [0.25, 0.3) is 0 Å². The first-order chi connectivity index (χ1) is 7.86. The van der Waals surface area contributed by atoms with Gasteiger partial charge in [-0.1, -0.05) is 45.4 Å². The van der Waals surface area contributed by atoms with Crippen molar-refractivity contribution in [2.24, 2.45) is 5.92 Å². The van der Waals surface area contributed by atoms with Crippen molar-refractivity contribution in [3.8, 4) is 0 Å². The van der Waals surface area contributed by atoms with E-state index in [4.69, 9.17) is 4.74 Å². The third-order valence-electron chi connectivity index (χ3n) is 3.61. The molecule has 0 spiro atoms. The highest BCUT2D eigenvalue weighted by atomic mass is 16.5. The van der Waals surface area contributed by atoms with E-state index in [-0.39, 0.29) is 0 Å². The van der Waals surface area contributed by atoms with Crippen LogP contribution in [0.5, 0.6) is 0 Å². The molecule has 0 aromatic carbocycles. The van der Waals surface area contributed by atoms with Gasteiger partial charge in [0.1, 0.15) is 0 Å². The molecule has 0 saturated heterocycles. The number of hydrogen-bond acceptors (Lipinski definition) is 2.